The van der Waals surface area contributed by atoms with Crippen molar-refractivity contribution >= 4 is 17.4 Å². The normalized spacial score (nSPS) is 12.7. The number of nitrogens with zero attached hydrogens (tertiary/aromatic N) is 1. The summed E-state index contributed by atoms with van der Waals surface area (Å²) in [6.45, 7) is 6.00. The lowest BCUT2D eigenvalue weighted by molar-refractivity contribution is 0.0503. The second-order valence-corrected chi connectivity index (χ2v) is 7.39. The molecule has 0 fully saturated rings. The summed E-state index contributed by atoms with van der Waals surface area (Å²) < 4.78 is 10.5. The molecule has 130 valence electrons. The van der Waals surface area contributed by atoms with Crippen LogP contribution in [0.3, 0.4) is 0 Å². The molecule has 1 heterocycles. The van der Waals surface area contributed by atoms with E-state index < -0.39 is 11.7 Å². The van der Waals surface area contributed by atoms with Crippen molar-refractivity contribution in [1.29, 1.82) is 0 Å². The third-order valence-corrected chi connectivity index (χ3v) is 4.14. The molecule has 1 amide bonds. The molecule has 0 aliphatic carbocycles. The number of ether oxygens (including phenoxy) is 2. The SMILES string of the molecule is COCc1csc([C@H](Cc2ccccc2)NC(=O)OC(C)(C)C)n1. The lowest BCUT2D eigenvalue weighted by Gasteiger charge is -2.23. The molecule has 0 aliphatic heterocycles. The number of methoxy groups -OCH3 is 1. The van der Waals surface area contributed by atoms with E-state index in [0.717, 1.165) is 16.3 Å². The molecule has 0 bridgehead atoms. The van der Waals surface area contributed by atoms with Crippen LogP contribution in [-0.4, -0.2) is 23.8 Å². The standard InChI is InChI=1S/C18H24N2O3S/c1-18(2,3)23-17(21)20-15(10-13-8-6-5-7-9-13)16-19-14(11-22-4)12-24-16/h5-9,12,15H,10-11H2,1-4H3,(H,20,21)/t15-/m0/s1. The summed E-state index contributed by atoms with van der Waals surface area (Å²) in [4.78, 5) is 16.8. The zero-order valence-electron chi connectivity index (χ0n) is 14.5. The first-order valence-corrected chi connectivity index (χ1v) is 8.72. The molecule has 0 radical (unpaired) electrons. The summed E-state index contributed by atoms with van der Waals surface area (Å²) in [5, 5.41) is 5.74. The van der Waals surface area contributed by atoms with E-state index in [1.54, 1.807) is 7.11 Å². The second-order valence-electron chi connectivity index (χ2n) is 6.50. The lowest BCUT2D eigenvalue weighted by Crippen LogP contribution is -2.35. The van der Waals surface area contributed by atoms with Crippen molar-refractivity contribution in [2.75, 3.05) is 7.11 Å². The number of nitrogens with one attached hydrogen (secondary N) is 1. The van der Waals surface area contributed by atoms with Gasteiger partial charge in [-0.3, -0.25) is 0 Å². The summed E-state index contributed by atoms with van der Waals surface area (Å²) in [5.41, 5.74) is 1.45. The van der Waals surface area contributed by atoms with Crippen LogP contribution in [0.15, 0.2) is 35.7 Å². The smallest absolute Gasteiger partial charge is 0.408 e. The van der Waals surface area contributed by atoms with Crippen LogP contribution in [0.25, 0.3) is 0 Å². The number of carbonyl (C=O) groups excluding carboxylic acids is 1. The van der Waals surface area contributed by atoms with Crippen molar-refractivity contribution in [3.05, 3.63) is 52.0 Å². The second kappa shape index (κ2) is 8.26. The molecule has 1 aromatic carbocycles. The van der Waals surface area contributed by atoms with Gasteiger partial charge in [0.25, 0.3) is 0 Å². The number of alkyl carbamates (subject to hydrolysis) is 1. The fourth-order valence-electron chi connectivity index (χ4n) is 2.20. The van der Waals surface area contributed by atoms with Gasteiger partial charge in [-0.15, -0.1) is 11.3 Å². The first kappa shape index (κ1) is 18.4. The van der Waals surface area contributed by atoms with Gasteiger partial charge in [-0.2, -0.15) is 0 Å². The van der Waals surface area contributed by atoms with Crippen LogP contribution in [0.5, 0.6) is 0 Å². The van der Waals surface area contributed by atoms with Crippen LogP contribution in [0.2, 0.25) is 0 Å². The Hall–Kier alpha value is -1.92. The van der Waals surface area contributed by atoms with Crippen LogP contribution >= 0.6 is 11.3 Å². The van der Waals surface area contributed by atoms with E-state index in [-0.39, 0.29) is 6.04 Å². The molecule has 0 saturated heterocycles. The predicted octanol–water partition coefficient (Wildman–Crippen LogP) is 4.10. The summed E-state index contributed by atoms with van der Waals surface area (Å²) in [6, 6.07) is 9.77. The highest BCUT2D eigenvalue weighted by Gasteiger charge is 2.23. The van der Waals surface area contributed by atoms with Crippen LogP contribution in [0, 0.1) is 0 Å². The summed E-state index contributed by atoms with van der Waals surface area (Å²) in [5.74, 6) is 0. The quantitative estimate of drug-likeness (QED) is 0.854. The predicted molar refractivity (Wildman–Crippen MR) is 95.1 cm³/mol. The minimum absolute atomic E-state index is 0.238. The van der Waals surface area contributed by atoms with Gasteiger partial charge in [0, 0.05) is 12.5 Å². The topological polar surface area (TPSA) is 60.5 Å². The van der Waals surface area contributed by atoms with Gasteiger partial charge in [0.2, 0.25) is 0 Å². The number of thiazole rings is 1. The summed E-state index contributed by atoms with van der Waals surface area (Å²) in [7, 11) is 1.64. The average Bonchev–Trinajstić information content (AvgIpc) is 2.95. The summed E-state index contributed by atoms with van der Waals surface area (Å²) >= 11 is 1.52. The van der Waals surface area contributed by atoms with Crippen molar-refractivity contribution in [2.45, 2.75) is 45.4 Å². The molecule has 5 nitrogen and oxygen atoms in total. The van der Waals surface area contributed by atoms with Gasteiger partial charge in [-0.05, 0) is 32.8 Å². The number of hydrogen-bond acceptors (Lipinski definition) is 5. The number of benzene rings is 1. The zero-order chi connectivity index (χ0) is 17.6. The molecule has 2 aromatic rings. The molecular formula is C18H24N2O3S. The Balaban J connectivity index is 2.15. The van der Waals surface area contributed by atoms with Crippen molar-refractivity contribution in [3.8, 4) is 0 Å². The molecule has 0 unspecified atom stereocenters. The third kappa shape index (κ3) is 5.94. The Bertz CT molecular complexity index is 650. The maximum atomic E-state index is 12.2. The highest BCUT2D eigenvalue weighted by molar-refractivity contribution is 7.09. The number of hydrogen-bond donors (Lipinski definition) is 1. The Morgan fingerprint density at radius 2 is 2.00 bits per heavy atom. The molecule has 2 rings (SSSR count). The van der Waals surface area contributed by atoms with Gasteiger partial charge >= 0.3 is 6.09 Å². The molecule has 1 aromatic heterocycles. The highest BCUT2D eigenvalue weighted by atomic mass is 32.1. The molecule has 0 saturated carbocycles. The van der Waals surface area contributed by atoms with Gasteiger partial charge in [-0.25, -0.2) is 9.78 Å². The molecule has 24 heavy (non-hydrogen) atoms. The van der Waals surface area contributed by atoms with Crippen molar-refractivity contribution in [2.24, 2.45) is 0 Å². The Kier molecular flexibility index (Phi) is 6.34. The van der Waals surface area contributed by atoms with E-state index in [1.165, 1.54) is 11.3 Å². The maximum Gasteiger partial charge on any atom is 0.408 e. The first-order chi connectivity index (χ1) is 11.4. The Morgan fingerprint density at radius 1 is 1.29 bits per heavy atom. The maximum absolute atomic E-state index is 12.2. The van der Waals surface area contributed by atoms with E-state index in [4.69, 9.17) is 9.47 Å². The average molecular weight is 348 g/mol. The molecule has 0 aliphatic rings. The molecule has 6 heteroatoms. The van der Waals surface area contributed by atoms with Crippen molar-refractivity contribution in [3.63, 3.8) is 0 Å². The number of rotatable bonds is 6. The van der Waals surface area contributed by atoms with E-state index in [1.807, 2.05) is 56.5 Å². The van der Waals surface area contributed by atoms with Crippen LogP contribution < -0.4 is 5.32 Å². The van der Waals surface area contributed by atoms with Gasteiger partial charge in [0.1, 0.15) is 10.6 Å². The van der Waals surface area contributed by atoms with E-state index in [2.05, 4.69) is 10.3 Å². The van der Waals surface area contributed by atoms with Crippen molar-refractivity contribution in [1.82, 2.24) is 10.3 Å². The zero-order valence-corrected chi connectivity index (χ0v) is 15.4. The fourth-order valence-corrected chi connectivity index (χ4v) is 3.05. The molecule has 1 atom stereocenters. The summed E-state index contributed by atoms with van der Waals surface area (Å²) in [6.07, 6.45) is 0.215. The molecular weight excluding hydrogens is 324 g/mol. The first-order valence-electron chi connectivity index (χ1n) is 7.84. The number of aromatic nitrogens is 1. The molecule has 0 spiro atoms. The Morgan fingerprint density at radius 3 is 2.62 bits per heavy atom. The minimum Gasteiger partial charge on any atom is -0.444 e. The van der Waals surface area contributed by atoms with Crippen LogP contribution in [0.1, 0.15) is 43.1 Å². The Labute approximate surface area is 147 Å². The number of carbonyl (C=O) groups is 1. The van der Waals surface area contributed by atoms with Gasteiger partial charge < -0.3 is 14.8 Å². The van der Waals surface area contributed by atoms with Gasteiger partial charge in [-0.1, -0.05) is 30.3 Å². The third-order valence-electron chi connectivity index (χ3n) is 3.13. The highest BCUT2D eigenvalue weighted by Crippen LogP contribution is 2.23. The van der Waals surface area contributed by atoms with E-state index in [0.29, 0.717) is 13.0 Å². The lowest BCUT2D eigenvalue weighted by atomic mass is 10.1. The largest absolute Gasteiger partial charge is 0.444 e. The number of amides is 1. The fraction of sp³-hybridized carbons (Fsp3) is 0.444. The van der Waals surface area contributed by atoms with Gasteiger partial charge in [0.05, 0.1) is 18.3 Å². The minimum atomic E-state index is -0.536. The van der Waals surface area contributed by atoms with Crippen LogP contribution in [-0.2, 0) is 22.5 Å². The van der Waals surface area contributed by atoms with E-state index in [9.17, 15) is 4.79 Å². The van der Waals surface area contributed by atoms with E-state index >= 15 is 0 Å². The van der Waals surface area contributed by atoms with Gasteiger partial charge in [0.15, 0.2) is 0 Å². The van der Waals surface area contributed by atoms with Crippen molar-refractivity contribution < 1.29 is 14.3 Å². The monoisotopic (exact) mass is 348 g/mol. The molecule has 1 N–H and O–H groups in total. The van der Waals surface area contributed by atoms with Crippen LogP contribution in [0.4, 0.5) is 4.79 Å².